The molecule has 1 aliphatic rings. The number of ether oxygens (including phenoxy) is 2. The van der Waals surface area contributed by atoms with E-state index in [0.717, 1.165) is 39.1 Å². The van der Waals surface area contributed by atoms with E-state index in [2.05, 4.69) is 4.90 Å². The molecule has 1 aromatic rings. The van der Waals surface area contributed by atoms with Crippen LogP contribution in [0.5, 0.6) is 11.5 Å². The largest absolute Gasteiger partial charge is 0.493 e. The molecule has 0 bridgehead atoms. The van der Waals surface area contributed by atoms with Crippen molar-refractivity contribution >= 4 is 5.91 Å². The summed E-state index contributed by atoms with van der Waals surface area (Å²) in [7, 11) is 1.59. The molecule has 0 spiro atoms. The molecule has 6 nitrogen and oxygen atoms in total. The van der Waals surface area contributed by atoms with Gasteiger partial charge in [0.15, 0.2) is 18.1 Å². The summed E-state index contributed by atoms with van der Waals surface area (Å²) in [4.78, 5) is 16.4. The zero-order valence-electron chi connectivity index (χ0n) is 13.2. The molecule has 122 valence electrons. The van der Waals surface area contributed by atoms with Crippen molar-refractivity contribution < 1.29 is 14.3 Å². The van der Waals surface area contributed by atoms with Gasteiger partial charge >= 0.3 is 0 Å². The third-order valence-corrected chi connectivity index (χ3v) is 3.82. The molecule has 2 rings (SSSR count). The molecular formula is C16H25N3O3. The van der Waals surface area contributed by atoms with E-state index in [1.807, 2.05) is 23.1 Å². The van der Waals surface area contributed by atoms with E-state index >= 15 is 0 Å². The maximum atomic E-state index is 12.2. The number of piperazine rings is 1. The summed E-state index contributed by atoms with van der Waals surface area (Å²) in [6, 6.07) is 7.35. The molecule has 1 aromatic carbocycles. The zero-order valence-corrected chi connectivity index (χ0v) is 13.2. The predicted molar refractivity (Wildman–Crippen MR) is 85.2 cm³/mol. The van der Waals surface area contributed by atoms with Crippen LogP contribution in [0.25, 0.3) is 0 Å². The Morgan fingerprint density at radius 1 is 1.18 bits per heavy atom. The second-order valence-corrected chi connectivity index (χ2v) is 5.30. The monoisotopic (exact) mass is 307 g/mol. The SMILES string of the molecule is COc1ccccc1OCC(=O)N1CCN(CCCN)CC1. The number of carbonyl (C=O) groups excluding carboxylic acids is 1. The fraction of sp³-hybridized carbons (Fsp3) is 0.562. The molecule has 22 heavy (non-hydrogen) atoms. The third-order valence-electron chi connectivity index (χ3n) is 3.82. The van der Waals surface area contributed by atoms with E-state index in [0.29, 0.717) is 18.0 Å². The van der Waals surface area contributed by atoms with Crippen molar-refractivity contribution in [2.24, 2.45) is 5.73 Å². The molecule has 0 aliphatic carbocycles. The van der Waals surface area contributed by atoms with Crippen LogP contribution in [-0.4, -0.2) is 68.7 Å². The minimum Gasteiger partial charge on any atom is -0.493 e. The maximum Gasteiger partial charge on any atom is 0.260 e. The van der Waals surface area contributed by atoms with Gasteiger partial charge in [-0.3, -0.25) is 9.69 Å². The third kappa shape index (κ3) is 4.61. The van der Waals surface area contributed by atoms with Gasteiger partial charge in [0.1, 0.15) is 0 Å². The molecule has 1 heterocycles. The number of nitrogens with zero attached hydrogens (tertiary/aromatic N) is 2. The lowest BCUT2D eigenvalue weighted by atomic mass is 10.3. The number of rotatable bonds is 7. The standard InChI is InChI=1S/C16H25N3O3/c1-21-14-5-2-3-6-15(14)22-13-16(20)19-11-9-18(10-12-19)8-4-7-17/h2-3,5-6H,4,7-13,17H2,1H3. The summed E-state index contributed by atoms with van der Waals surface area (Å²) < 4.78 is 10.8. The van der Waals surface area contributed by atoms with Gasteiger partial charge in [0, 0.05) is 26.2 Å². The van der Waals surface area contributed by atoms with E-state index in [9.17, 15) is 4.79 Å². The van der Waals surface area contributed by atoms with Crippen LogP contribution in [0, 0.1) is 0 Å². The van der Waals surface area contributed by atoms with E-state index in [-0.39, 0.29) is 12.5 Å². The lowest BCUT2D eigenvalue weighted by Gasteiger charge is -2.34. The number of para-hydroxylation sites is 2. The molecule has 1 aliphatic heterocycles. The van der Waals surface area contributed by atoms with E-state index < -0.39 is 0 Å². The van der Waals surface area contributed by atoms with Gasteiger partial charge in [-0.05, 0) is 31.6 Å². The van der Waals surface area contributed by atoms with Crippen LogP contribution in [0.1, 0.15) is 6.42 Å². The molecule has 0 atom stereocenters. The molecule has 0 saturated carbocycles. The average molecular weight is 307 g/mol. The highest BCUT2D eigenvalue weighted by atomic mass is 16.5. The number of hydrogen-bond acceptors (Lipinski definition) is 5. The lowest BCUT2D eigenvalue weighted by Crippen LogP contribution is -2.50. The molecule has 2 N–H and O–H groups in total. The van der Waals surface area contributed by atoms with Gasteiger partial charge in [-0.1, -0.05) is 12.1 Å². The molecule has 1 fully saturated rings. The highest BCUT2D eigenvalue weighted by Crippen LogP contribution is 2.25. The van der Waals surface area contributed by atoms with Gasteiger partial charge in [0.2, 0.25) is 0 Å². The van der Waals surface area contributed by atoms with Gasteiger partial charge < -0.3 is 20.1 Å². The molecule has 1 amide bonds. The van der Waals surface area contributed by atoms with Crippen LogP contribution in [0.4, 0.5) is 0 Å². The molecule has 0 unspecified atom stereocenters. The second-order valence-electron chi connectivity index (χ2n) is 5.30. The molecule has 1 saturated heterocycles. The van der Waals surface area contributed by atoms with Gasteiger partial charge in [-0.15, -0.1) is 0 Å². The predicted octanol–water partition coefficient (Wildman–Crippen LogP) is 0.567. The number of amides is 1. The molecule has 0 aromatic heterocycles. The van der Waals surface area contributed by atoms with E-state index in [1.165, 1.54) is 0 Å². The fourth-order valence-corrected chi connectivity index (χ4v) is 2.50. The Kier molecular flexibility index (Phi) is 6.48. The number of benzene rings is 1. The zero-order chi connectivity index (χ0) is 15.8. The highest BCUT2D eigenvalue weighted by Gasteiger charge is 2.21. The van der Waals surface area contributed by atoms with Crippen molar-refractivity contribution in [2.75, 3.05) is 53.0 Å². The smallest absolute Gasteiger partial charge is 0.260 e. The summed E-state index contributed by atoms with van der Waals surface area (Å²) in [5.41, 5.74) is 5.52. The first-order chi connectivity index (χ1) is 10.7. The van der Waals surface area contributed by atoms with Gasteiger partial charge in [0.25, 0.3) is 5.91 Å². The first kappa shape index (κ1) is 16.6. The minimum absolute atomic E-state index is 0.0179. The van der Waals surface area contributed by atoms with E-state index in [4.69, 9.17) is 15.2 Å². The quantitative estimate of drug-likeness (QED) is 0.797. The first-order valence-corrected chi connectivity index (χ1v) is 7.70. The summed E-state index contributed by atoms with van der Waals surface area (Å²) in [6.45, 7) is 5.07. The van der Waals surface area contributed by atoms with Crippen LogP contribution >= 0.6 is 0 Å². The number of nitrogens with two attached hydrogens (primary N) is 1. The van der Waals surface area contributed by atoms with Crippen LogP contribution in [0.2, 0.25) is 0 Å². The molecule has 6 heteroatoms. The van der Waals surface area contributed by atoms with Crippen LogP contribution in [0.15, 0.2) is 24.3 Å². The Labute approximate surface area is 131 Å². The van der Waals surface area contributed by atoms with Crippen molar-refractivity contribution in [3.05, 3.63) is 24.3 Å². The molecule has 0 radical (unpaired) electrons. The Balaban J connectivity index is 1.76. The topological polar surface area (TPSA) is 68.0 Å². The Morgan fingerprint density at radius 3 is 2.50 bits per heavy atom. The second kappa shape index (κ2) is 8.60. The van der Waals surface area contributed by atoms with Crippen molar-refractivity contribution in [2.45, 2.75) is 6.42 Å². The summed E-state index contributed by atoms with van der Waals surface area (Å²) in [6.07, 6.45) is 1.00. The maximum absolute atomic E-state index is 12.2. The normalized spacial score (nSPS) is 15.6. The van der Waals surface area contributed by atoms with E-state index in [1.54, 1.807) is 13.2 Å². The van der Waals surface area contributed by atoms with Gasteiger partial charge in [-0.2, -0.15) is 0 Å². The van der Waals surface area contributed by atoms with Crippen molar-refractivity contribution in [3.8, 4) is 11.5 Å². The van der Waals surface area contributed by atoms with Crippen molar-refractivity contribution in [1.29, 1.82) is 0 Å². The fourth-order valence-electron chi connectivity index (χ4n) is 2.50. The molecular weight excluding hydrogens is 282 g/mol. The Hall–Kier alpha value is -1.79. The minimum atomic E-state index is 0.0179. The van der Waals surface area contributed by atoms with Gasteiger partial charge in [-0.25, -0.2) is 0 Å². The lowest BCUT2D eigenvalue weighted by molar-refractivity contribution is -0.135. The Morgan fingerprint density at radius 2 is 1.86 bits per heavy atom. The summed E-state index contributed by atoms with van der Waals surface area (Å²) in [5, 5.41) is 0. The van der Waals surface area contributed by atoms with Crippen LogP contribution in [0.3, 0.4) is 0 Å². The van der Waals surface area contributed by atoms with Crippen molar-refractivity contribution in [3.63, 3.8) is 0 Å². The number of hydrogen-bond donors (Lipinski definition) is 1. The average Bonchev–Trinajstić information content (AvgIpc) is 2.58. The summed E-state index contributed by atoms with van der Waals surface area (Å²) >= 11 is 0. The van der Waals surface area contributed by atoms with Crippen LogP contribution in [-0.2, 0) is 4.79 Å². The van der Waals surface area contributed by atoms with Crippen LogP contribution < -0.4 is 15.2 Å². The van der Waals surface area contributed by atoms with Crippen molar-refractivity contribution in [1.82, 2.24) is 9.80 Å². The number of methoxy groups -OCH3 is 1. The first-order valence-electron chi connectivity index (χ1n) is 7.70. The Bertz CT molecular complexity index is 473. The highest BCUT2D eigenvalue weighted by molar-refractivity contribution is 5.78. The van der Waals surface area contributed by atoms with Gasteiger partial charge in [0.05, 0.1) is 7.11 Å². The summed E-state index contributed by atoms with van der Waals surface area (Å²) in [5.74, 6) is 1.26. The number of carbonyl (C=O) groups is 1.